The third-order valence-electron chi connectivity index (χ3n) is 1.81. The van der Waals surface area contributed by atoms with E-state index >= 15 is 0 Å². The lowest BCUT2D eigenvalue weighted by Gasteiger charge is -1.93. The number of nitrogens with zero attached hydrogens (tertiary/aromatic N) is 1. The average molecular weight is 205 g/mol. The molecular weight excluding hydrogens is 194 g/mol. The molecule has 14 heavy (non-hydrogen) atoms. The Kier molecular flexibility index (Phi) is 2.89. The highest BCUT2D eigenvalue weighted by Gasteiger charge is 2.04. The Hall–Kier alpha value is -1.22. The second-order valence-electron chi connectivity index (χ2n) is 2.79. The van der Waals surface area contributed by atoms with Gasteiger partial charge in [0.1, 0.15) is 0 Å². The molecular formula is C11H11NOS. The summed E-state index contributed by atoms with van der Waals surface area (Å²) in [6.45, 7) is 2.08. The first-order valence-electron chi connectivity index (χ1n) is 4.54. The number of hydrogen-bond donors (Lipinski definition) is 0. The predicted molar refractivity (Wildman–Crippen MR) is 58.3 cm³/mol. The summed E-state index contributed by atoms with van der Waals surface area (Å²) < 4.78 is 5.56. The Labute approximate surface area is 87.4 Å². The number of oxazole rings is 1. The van der Waals surface area contributed by atoms with Crippen LogP contribution in [0.3, 0.4) is 0 Å². The third-order valence-corrected chi connectivity index (χ3v) is 2.53. The van der Waals surface area contributed by atoms with E-state index in [1.165, 1.54) is 0 Å². The zero-order valence-electron chi connectivity index (χ0n) is 7.93. The molecule has 0 spiro atoms. The quantitative estimate of drug-likeness (QED) is 0.718. The molecule has 0 N–H and O–H groups in total. The summed E-state index contributed by atoms with van der Waals surface area (Å²) in [4.78, 5) is 4.18. The number of hydrogen-bond acceptors (Lipinski definition) is 3. The Morgan fingerprint density at radius 3 is 2.79 bits per heavy atom. The van der Waals surface area contributed by atoms with Gasteiger partial charge in [0.15, 0.2) is 5.76 Å². The second-order valence-corrected chi connectivity index (χ2v) is 4.00. The van der Waals surface area contributed by atoms with Crippen molar-refractivity contribution in [2.75, 3.05) is 5.75 Å². The molecule has 0 unspecified atom stereocenters. The SMILES string of the molecule is CCSc1ncc(-c2ccccc2)o1. The van der Waals surface area contributed by atoms with Crippen LogP contribution in [0.25, 0.3) is 11.3 Å². The highest BCUT2D eigenvalue weighted by Crippen LogP contribution is 2.24. The largest absolute Gasteiger partial charge is 0.431 e. The summed E-state index contributed by atoms with van der Waals surface area (Å²) in [6.07, 6.45) is 1.77. The van der Waals surface area contributed by atoms with Gasteiger partial charge in [-0.1, -0.05) is 49.0 Å². The van der Waals surface area contributed by atoms with Crippen LogP contribution in [0, 0.1) is 0 Å². The first-order chi connectivity index (χ1) is 6.90. The molecule has 0 aliphatic heterocycles. The molecule has 0 saturated carbocycles. The van der Waals surface area contributed by atoms with E-state index in [-0.39, 0.29) is 0 Å². The Morgan fingerprint density at radius 1 is 1.29 bits per heavy atom. The van der Waals surface area contributed by atoms with Crippen LogP contribution < -0.4 is 0 Å². The van der Waals surface area contributed by atoms with Crippen molar-refractivity contribution in [3.63, 3.8) is 0 Å². The Balaban J connectivity index is 2.25. The van der Waals surface area contributed by atoms with Gasteiger partial charge in [-0.25, -0.2) is 4.98 Å². The van der Waals surface area contributed by atoms with E-state index in [1.807, 2.05) is 30.3 Å². The number of benzene rings is 1. The summed E-state index contributed by atoms with van der Waals surface area (Å²) in [7, 11) is 0. The topological polar surface area (TPSA) is 26.0 Å². The van der Waals surface area contributed by atoms with Gasteiger partial charge in [-0.2, -0.15) is 0 Å². The fraction of sp³-hybridized carbons (Fsp3) is 0.182. The van der Waals surface area contributed by atoms with Crippen molar-refractivity contribution < 1.29 is 4.42 Å². The molecule has 0 fully saturated rings. The van der Waals surface area contributed by atoms with Crippen molar-refractivity contribution in [1.82, 2.24) is 4.98 Å². The van der Waals surface area contributed by atoms with Gasteiger partial charge >= 0.3 is 0 Å². The minimum absolute atomic E-state index is 0.742. The lowest BCUT2D eigenvalue weighted by atomic mass is 10.2. The maximum absolute atomic E-state index is 5.56. The van der Waals surface area contributed by atoms with E-state index in [1.54, 1.807) is 18.0 Å². The van der Waals surface area contributed by atoms with E-state index in [0.717, 1.165) is 22.3 Å². The molecule has 0 amide bonds. The molecule has 0 bridgehead atoms. The molecule has 2 aromatic rings. The normalized spacial score (nSPS) is 10.4. The molecule has 1 heterocycles. The van der Waals surface area contributed by atoms with Crippen LogP contribution in [0.15, 0.2) is 46.2 Å². The van der Waals surface area contributed by atoms with Crippen molar-refractivity contribution in [3.8, 4) is 11.3 Å². The second kappa shape index (κ2) is 4.33. The highest BCUT2D eigenvalue weighted by molar-refractivity contribution is 7.99. The van der Waals surface area contributed by atoms with Gasteiger partial charge in [-0.15, -0.1) is 0 Å². The third kappa shape index (κ3) is 1.99. The molecule has 0 atom stereocenters. The summed E-state index contributed by atoms with van der Waals surface area (Å²) >= 11 is 1.61. The Bertz CT molecular complexity index is 397. The van der Waals surface area contributed by atoms with Crippen LogP contribution in [0.4, 0.5) is 0 Å². The monoisotopic (exact) mass is 205 g/mol. The molecule has 1 aromatic heterocycles. The fourth-order valence-corrected chi connectivity index (χ4v) is 1.71. The van der Waals surface area contributed by atoms with Crippen molar-refractivity contribution in [3.05, 3.63) is 36.5 Å². The van der Waals surface area contributed by atoms with Crippen LogP contribution >= 0.6 is 11.8 Å². The van der Waals surface area contributed by atoms with Crippen molar-refractivity contribution in [2.24, 2.45) is 0 Å². The standard InChI is InChI=1S/C11H11NOS/c1-2-14-11-12-8-10(13-11)9-6-4-3-5-7-9/h3-8H,2H2,1H3. The summed E-state index contributed by atoms with van der Waals surface area (Å²) in [5.41, 5.74) is 1.07. The maximum atomic E-state index is 5.56. The van der Waals surface area contributed by atoms with Crippen LogP contribution in [-0.2, 0) is 0 Å². The molecule has 2 nitrogen and oxygen atoms in total. The van der Waals surface area contributed by atoms with Crippen LogP contribution in [0.5, 0.6) is 0 Å². The van der Waals surface area contributed by atoms with E-state index in [9.17, 15) is 0 Å². The minimum atomic E-state index is 0.742. The summed E-state index contributed by atoms with van der Waals surface area (Å²) in [5, 5.41) is 0.742. The zero-order chi connectivity index (χ0) is 9.80. The van der Waals surface area contributed by atoms with Gasteiger partial charge in [-0.05, 0) is 5.75 Å². The van der Waals surface area contributed by atoms with E-state index in [4.69, 9.17) is 4.42 Å². The summed E-state index contributed by atoms with van der Waals surface area (Å²) in [6, 6.07) is 10.00. The van der Waals surface area contributed by atoms with Gasteiger partial charge in [0.2, 0.25) is 0 Å². The van der Waals surface area contributed by atoms with Crippen molar-refractivity contribution in [2.45, 2.75) is 12.1 Å². The molecule has 0 saturated heterocycles. The number of rotatable bonds is 3. The van der Waals surface area contributed by atoms with Crippen LogP contribution in [-0.4, -0.2) is 10.7 Å². The molecule has 2 rings (SSSR count). The van der Waals surface area contributed by atoms with Gasteiger partial charge in [-0.3, -0.25) is 0 Å². The molecule has 0 aliphatic rings. The molecule has 1 aromatic carbocycles. The van der Waals surface area contributed by atoms with Gasteiger partial charge < -0.3 is 4.42 Å². The zero-order valence-corrected chi connectivity index (χ0v) is 8.75. The maximum Gasteiger partial charge on any atom is 0.256 e. The van der Waals surface area contributed by atoms with E-state index in [2.05, 4.69) is 11.9 Å². The first kappa shape index (κ1) is 9.34. The van der Waals surface area contributed by atoms with Crippen LogP contribution in [0.2, 0.25) is 0 Å². The molecule has 0 aliphatic carbocycles. The predicted octanol–water partition coefficient (Wildman–Crippen LogP) is 3.45. The molecule has 0 radical (unpaired) electrons. The molecule has 3 heteroatoms. The lowest BCUT2D eigenvalue weighted by molar-refractivity contribution is 0.466. The number of aromatic nitrogens is 1. The minimum Gasteiger partial charge on any atom is -0.431 e. The van der Waals surface area contributed by atoms with E-state index in [0.29, 0.717) is 0 Å². The smallest absolute Gasteiger partial charge is 0.256 e. The van der Waals surface area contributed by atoms with Gasteiger partial charge in [0.05, 0.1) is 6.20 Å². The average Bonchev–Trinajstić information content (AvgIpc) is 2.68. The molecule has 72 valence electrons. The fourth-order valence-electron chi connectivity index (χ4n) is 1.18. The lowest BCUT2D eigenvalue weighted by Crippen LogP contribution is -1.70. The van der Waals surface area contributed by atoms with Gasteiger partial charge in [0, 0.05) is 5.56 Å². The number of thioether (sulfide) groups is 1. The van der Waals surface area contributed by atoms with Gasteiger partial charge in [0.25, 0.3) is 5.22 Å². The van der Waals surface area contributed by atoms with Crippen LogP contribution in [0.1, 0.15) is 6.92 Å². The van der Waals surface area contributed by atoms with E-state index < -0.39 is 0 Å². The highest BCUT2D eigenvalue weighted by atomic mass is 32.2. The Morgan fingerprint density at radius 2 is 2.07 bits per heavy atom. The van der Waals surface area contributed by atoms with Crippen molar-refractivity contribution >= 4 is 11.8 Å². The van der Waals surface area contributed by atoms with Crippen molar-refractivity contribution in [1.29, 1.82) is 0 Å². The first-order valence-corrected chi connectivity index (χ1v) is 5.52. The summed E-state index contributed by atoms with van der Waals surface area (Å²) in [5.74, 6) is 1.82.